The van der Waals surface area contributed by atoms with E-state index in [0.717, 1.165) is 31.9 Å². The van der Waals surface area contributed by atoms with Crippen LogP contribution in [-0.4, -0.2) is 47.3 Å². The molecule has 1 aliphatic carbocycles. The van der Waals surface area contributed by atoms with Crippen LogP contribution in [0.3, 0.4) is 0 Å². The lowest BCUT2D eigenvalue weighted by Gasteiger charge is -2.23. The van der Waals surface area contributed by atoms with Gasteiger partial charge in [-0.1, -0.05) is 0 Å². The molecule has 2 rings (SSSR count). The molecule has 1 heterocycles. The first kappa shape index (κ1) is 18.3. The Morgan fingerprint density at radius 1 is 1.52 bits per heavy atom. The molecule has 5 nitrogen and oxygen atoms in total. The van der Waals surface area contributed by atoms with Crippen molar-refractivity contribution < 1.29 is 5.11 Å². The van der Waals surface area contributed by atoms with Crippen LogP contribution in [-0.2, 0) is 13.6 Å². The van der Waals surface area contributed by atoms with E-state index in [1.165, 1.54) is 5.69 Å². The number of rotatable bonds is 6. The van der Waals surface area contributed by atoms with Crippen molar-refractivity contribution in [1.82, 2.24) is 14.8 Å². The number of nitrogens with one attached hydrogen (secondary N) is 1. The van der Waals surface area contributed by atoms with E-state index < -0.39 is 0 Å². The highest BCUT2D eigenvalue weighted by Gasteiger charge is 2.41. The van der Waals surface area contributed by atoms with Crippen molar-refractivity contribution in [3.05, 3.63) is 24.0 Å². The number of hydrogen-bond acceptors (Lipinski definition) is 2. The van der Waals surface area contributed by atoms with Gasteiger partial charge in [-0.25, -0.2) is 0 Å². The summed E-state index contributed by atoms with van der Waals surface area (Å²) in [4.78, 5) is 6.82. The number of aromatic nitrogens is 1. The fraction of sp³-hybridized carbons (Fsp3) is 0.667. The van der Waals surface area contributed by atoms with Gasteiger partial charge in [-0.15, -0.1) is 24.0 Å². The van der Waals surface area contributed by atoms with Crippen LogP contribution < -0.4 is 5.32 Å². The molecule has 0 amide bonds. The predicted octanol–water partition coefficient (Wildman–Crippen LogP) is 1.81. The van der Waals surface area contributed by atoms with Gasteiger partial charge in [0.1, 0.15) is 0 Å². The number of nitrogens with zero attached hydrogens (tertiary/aromatic N) is 3. The monoisotopic (exact) mass is 406 g/mol. The van der Waals surface area contributed by atoms with Crippen molar-refractivity contribution in [1.29, 1.82) is 0 Å². The van der Waals surface area contributed by atoms with E-state index in [-0.39, 0.29) is 36.0 Å². The molecular formula is C15H27IN4O. The summed E-state index contributed by atoms with van der Waals surface area (Å²) in [5.41, 5.74) is 1.31. The van der Waals surface area contributed by atoms with Gasteiger partial charge in [0.25, 0.3) is 0 Å². The van der Waals surface area contributed by atoms with Crippen molar-refractivity contribution >= 4 is 29.9 Å². The Bertz CT molecular complexity index is 468. The third-order valence-corrected chi connectivity index (χ3v) is 4.00. The Labute approximate surface area is 144 Å². The van der Waals surface area contributed by atoms with Gasteiger partial charge in [-0.3, -0.25) is 4.99 Å². The van der Waals surface area contributed by atoms with E-state index in [0.29, 0.717) is 6.54 Å². The molecule has 1 aromatic heterocycles. The van der Waals surface area contributed by atoms with Gasteiger partial charge < -0.3 is 19.9 Å². The Balaban J connectivity index is 0.00000220. The first-order chi connectivity index (χ1) is 9.60. The lowest BCUT2D eigenvalue weighted by molar-refractivity contribution is 0.216. The Morgan fingerprint density at radius 2 is 2.24 bits per heavy atom. The van der Waals surface area contributed by atoms with Crippen molar-refractivity contribution in [2.45, 2.75) is 26.3 Å². The summed E-state index contributed by atoms with van der Waals surface area (Å²) in [6.07, 6.45) is 4.24. The predicted molar refractivity (Wildman–Crippen MR) is 97.0 cm³/mol. The molecule has 1 fully saturated rings. The summed E-state index contributed by atoms with van der Waals surface area (Å²) < 4.78 is 2.12. The van der Waals surface area contributed by atoms with Crippen LogP contribution in [0.5, 0.6) is 0 Å². The maximum atomic E-state index is 9.38. The normalized spacial score (nSPS) is 16.3. The molecule has 21 heavy (non-hydrogen) atoms. The number of hydrogen-bond donors (Lipinski definition) is 2. The van der Waals surface area contributed by atoms with Crippen LogP contribution in [0.2, 0.25) is 0 Å². The summed E-state index contributed by atoms with van der Waals surface area (Å²) in [5.74, 6) is 0.911. The minimum atomic E-state index is 0. The Morgan fingerprint density at radius 3 is 2.71 bits per heavy atom. The molecule has 0 unspecified atom stereocenters. The quantitative estimate of drug-likeness (QED) is 0.431. The zero-order chi connectivity index (χ0) is 14.6. The van der Waals surface area contributed by atoms with Crippen LogP contribution >= 0.6 is 24.0 Å². The third-order valence-electron chi connectivity index (χ3n) is 4.00. The van der Waals surface area contributed by atoms with Crippen molar-refractivity contribution in [3.8, 4) is 0 Å². The molecule has 0 aliphatic heterocycles. The maximum Gasteiger partial charge on any atom is 0.194 e. The van der Waals surface area contributed by atoms with Crippen molar-refractivity contribution in [2.24, 2.45) is 17.5 Å². The maximum absolute atomic E-state index is 9.38. The van der Waals surface area contributed by atoms with Gasteiger partial charge in [0, 0.05) is 37.9 Å². The van der Waals surface area contributed by atoms with Gasteiger partial charge in [0.2, 0.25) is 0 Å². The molecule has 0 aromatic carbocycles. The van der Waals surface area contributed by atoms with E-state index in [2.05, 4.69) is 47.1 Å². The summed E-state index contributed by atoms with van der Waals surface area (Å²) in [6.45, 7) is 4.70. The second-order valence-electron chi connectivity index (χ2n) is 5.79. The van der Waals surface area contributed by atoms with E-state index in [4.69, 9.17) is 4.99 Å². The summed E-state index contributed by atoms with van der Waals surface area (Å²) >= 11 is 0. The Kier molecular flexibility index (Phi) is 6.99. The highest BCUT2D eigenvalue weighted by molar-refractivity contribution is 14.0. The largest absolute Gasteiger partial charge is 0.396 e. The standard InChI is InChI=1S/C15H26N4O.HI/c1-4-16-14(17-11-15(12-20)7-8-15)19(3)10-13-6-5-9-18(13)2;/h5-6,9,20H,4,7-8,10-12H2,1-3H3,(H,16,17);1H. The van der Waals surface area contributed by atoms with Crippen molar-refractivity contribution in [3.63, 3.8) is 0 Å². The number of aliphatic hydroxyl groups is 1. The number of aliphatic imine (C=N–C) groups is 1. The molecular weight excluding hydrogens is 379 g/mol. The molecule has 0 atom stereocenters. The zero-order valence-electron chi connectivity index (χ0n) is 13.2. The number of aryl methyl sites for hydroxylation is 1. The highest BCUT2D eigenvalue weighted by Crippen LogP contribution is 2.45. The average Bonchev–Trinajstić information content (AvgIpc) is 3.12. The molecule has 6 heteroatoms. The summed E-state index contributed by atoms with van der Waals surface area (Å²) in [5, 5.41) is 12.7. The van der Waals surface area contributed by atoms with E-state index in [1.807, 2.05) is 7.05 Å². The summed E-state index contributed by atoms with van der Waals surface area (Å²) in [6, 6.07) is 4.17. The van der Waals surface area contributed by atoms with Crippen molar-refractivity contribution in [2.75, 3.05) is 26.7 Å². The average molecular weight is 406 g/mol. The molecule has 0 bridgehead atoms. The van der Waals surface area contributed by atoms with Gasteiger partial charge in [-0.2, -0.15) is 0 Å². The van der Waals surface area contributed by atoms with E-state index in [9.17, 15) is 5.11 Å². The molecule has 1 aliphatic rings. The topological polar surface area (TPSA) is 52.8 Å². The molecule has 2 N–H and O–H groups in total. The lowest BCUT2D eigenvalue weighted by atomic mass is 10.1. The van der Waals surface area contributed by atoms with Crippen LogP contribution in [0.1, 0.15) is 25.5 Å². The second kappa shape index (κ2) is 8.03. The van der Waals surface area contributed by atoms with Gasteiger partial charge in [0.15, 0.2) is 5.96 Å². The minimum Gasteiger partial charge on any atom is -0.396 e. The van der Waals surface area contributed by atoms with E-state index >= 15 is 0 Å². The summed E-state index contributed by atoms with van der Waals surface area (Å²) in [7, 11) is 4.10. The molecule has 1 aromatic rings. The molecule has 120 valence electrons. The first-order valence-corrected chi connectivity index (χ1v) is 7.31. The number of halogens is 1. The molecule has 1 saturated carbocycles. The SMILES string of the molecule is CCNC(=NCC1(CO)CC1)N(C)Cc1cccn1C.I. The van der Waals surface area contributed by atoms with Gasteiger partial charge >= 0.3 is 0 Å². The van der Waals surface area contributed by atoms with E-state index in [1.54, 1.807) is 0 Å². The second-order valence-corrected chi connectivity index (χ2v) is 5.79. The molecule has 0 radical (unpaired) electrons. The minimum absolute atomic E-state index is 0. The fourth-order valence-electron chi connectivity index (χ4n) is 2.23. The first-order valence-electron chi connectivity index (χ1n) is 7.31. The van der Waals surface area contributed by atoms with Crippen LogP contribution in [0.4, 0.5) is 0 Å². The molecule has 0 spiro atoms. The number of aliphatic hydroxyl groups excluding tert-OH is 1. The fourth-order valence-corrected chi connectivity index (χ4v) is 2.23. The zero-order valence-corrected chi connectivity index (χ0v) is 15.5. The van der Waals surface area contributed by atoms with Crippen LogP contribution in [0, 0.1) is 5.41 Å². The smallest absolute Gasteiger partial charge is 0.194 e. The van der Waals surface area contributed by atoms with Crippen LogP contribution in [0.25, 0.3) is 0 Å². The van der Waals surface area contributed by atoms with Crippen LogP contribution in [0.15, 0.2) is 23.3 Å². The van der Waals surface area contributed by atoms with Gasteiger partial charge in [-0.05, 0) is 31.9 Å². The lowest BCUT2D eigenvalue weighted by Crippen LogP contribution is -2.39. The number of guanidine groups is 1. The Hall–Kier alpha value is -0.760. The van der Waals surface area contributed by atoms with Gasteiger partial charge in [0.05, 0.1) is 19.7 Å². The highest BCUT2D eigenvalue weighted by atomic mass is 127. The molecule has 0 saturated heterocycles. The third kappa shape index (κ3) is 4.88.